The molecule has 0 aliphatic rings. The number of oxime groups is 1. The van der Waals surface area contributed by atoms with Crippen LogP contribution in [0.3, 0.4) is 0 Å². The van der Waals surface area contributed by atoms with Crippen LogP contribution in [0, 0.1) is 5.82 Å². The third-order valence-electron chi connectivity index (χ3n) is 1.52. The van der Waals surface area contributed by atoms with Crippen molar-refractivity contribution < 1.29 is 9.60 Å². The molecule has 4 N–H and O–H groups in total. The van der Waals surface area contributed by atoms with Gasteiger partial charge >= 0.3 is 0 Å². The summed E-state index contributed by atoms with van der Waals surface area (Å²) in [6, 6.07) is 4.09. The van der Waals surface area contributed by atoms with E-state index in [0.717, 1.165) is 0 Å². The second-order valence-electron chi connectivity index (χ2n) is 2.57. The van der Waals surface area contributed by atoms with Gasteiger partial charge in [0.05, 0.1) is 12.2 Å². The summed E-state index contributed by atoms with van der Waals surface area (Å²) in [6.07, 6.45) is 0. The fraction of sp³-hybridized carbons (Fsp3) is 0.125. The summed E-state index contributed by atoms with van der Waals surface area (Å²) in [4.78, 5) is 0. The van der Waals surface area contributed by atoms with Crippen molar-refractivity contribution in [2.45, 2.75) is 0 Å². The van der Waals surface area contributed by atoms with Crippen molar-refractivity contribution in [3.05, 3.63) is 29.0 Å². The third-order valence-corrected chi connectivity index (χ3v) is 1.75. The number of nitrogens with one attached hydrogen (secondary N) is 1. The van der Waals surface area contributed by atoms with E-state index in [4.69, 9.17) is 22.5 Å². The number of hydrogen-bond donors (Lipinski definition) is 3. The molecule has 0 bridgehead atoms. The van der Waals surface area contributed by atoms with E-state index in [1.165, 1.54) is 18.2 Å². The van der Waals surface area contributed by atoms with Crippen molar-refractivity contribution in [1.29, 1.82) is 0 Å². The molecule has 6 heteroatoms. The molecule has 0 atom stereocenters. The number of benzene rings is 1. The Balaban J connectivity index is 2.71. The molecule has 0 aromatic heterocycles. The summed E-state index contributed by atoms with van der Waals surface area (Å²) in [5.41, 5.74) is 5.40. The van der Waals surface area contributed by atoms with Crippen molar-refractivity contribution in [2.24, 2.45) is 10.9 Å². The lowest BCUT2D eigenvalue weighted by molar-refractivity contribution is 0.317. The summed E-state index contributed by atoms with van der Waals surface area (Å²) in [6.45, 7) is 0.0494. The van der Waals surface area contributed by atoms with Crippen molar-refractivity contribution >= 4 is 23.1 Å². The second kappa shape index (κ2) is 4.66. The van der Waals surface area contributed by atoms with Crippen LogP contribution in [0.5, 0.6) is 0 Å². The van der Waals surface area contributed by atoms with Crippen LogP contribution in [0.2, 0.25) is 5.02 Å². The van der Waals surface area contributed by atoms with Crippen molar-refractivity contribution in [2.75, 3.05) is 11.9 Å². The summed E-state index contributed by atoms with van der Waals surface area (Å²) in [5, 5.41) is 14.0. The summed E-state index contributed by atoms with van der Waals surface area (Å²) >= 11 is 5.65. The molecule has 14 heavy (non-hydrogen) atoms. The van der Waals surface area contributed by atoms with Gasteiger partial charge in [0, 0.05) is 5.02 Å². The lowest BCUT2D eigenvalue weighted by atomic mass is 10.3. The quantitative estimate of drug-likeness (QED) is 0.312. The van der Waals surface area contributed by atoms with Crippen LogP contribution >= 0.6 is 11.6 Å². The van der Waals surface area contributed by atoms with E-state index in [-0.39, 0.29) is 18.1 Å². The van der Waals surface area contributed by atoms with Crippen LogP contribution in [-0.4, -0.2) is 17.6 Å². The first-order valence-electron chi connectivity index (χ1n) is 3.79. The number of halogens is 2. The number of nitrogens with zero attached hydrogens (tertiary/aromatic N) is 1. The van der Waals surface area contributed by atoms with E-state index < -0.39 is 5.82 Å². The molecule has 4 nitrogen and oxygen atoms in total. The Labute approximate surface area is 85.2 Å². The molecular formula is C8H9ClFN3O. The fourth-order valence-corrected chi connectivity index (χ4v) is 1.03. The first kappa shape index (κ1) is 10.6. The molecule has 0 saturated heterocycles. The highest BCUT2D eigenvalue weighted by Gasteiger charge is 2.02. The molecular weight excluding hydrogens is 209 g/mol. The van der Waals surface area contributed by atoms with E-state index in [0.29, 0.717) is 5.02 Å². The monoisotopic (exact) mass is 217 g/mol. The topological polar surface area (TPSA) is 70.6 Å². The molecule has 0 fully saturated rings. The van der Waals surface area contributed by atoms with Gasteiger partial charge in [0.1, 0.15) is 5.82 Å². The molecule has 1 aromatic carbocycles. The van der Waals surface area contributed by atoms with Crippen molar-refractivity contribution in [1.82, 2.24) is 0 Å². The van der Waals surface area contributed by atoms with Crippen LogP contribution in [0.1, 0.15) is 0 Å². The highest BCUT2D eigenvalue weighted by atomic mass is 35.5. The van der Waals surface area contributed by atoms with Gasteiger partial charge in [-0.2, -0.15) is 0 Å². The molecule has 1 rings (SSSR count). The number of nitrogens with two attached hydrogens (primary N) is 1. The van der Waals surface area contributed by atoms with E-state index in [2.05, 4.69) is 10.5 Å². The summed E-state index contributed by atoms with van der Waals surface area (Å²) in [5.74, 6) is -0.482. The van der Waals surface area contributed by atoms with E-state index in [9.17, 15) is 4.39 Å². The number of anilines is 1. The largest absolute Gasteiger partial charge is 0.409 e. The third kappa shape index (κ3) is 2.77. The van der Waals surface area contributed by atoms with Crippen molar-refractivity contribution in [3.63, 3.8) is 0 Å². The normalized spacial score (nSPS) is 11.4. The highest BCUT2D eigenvalue weighted by molar-refractivity contribution is 6.30. The maximum atomic E-state index is 13.1. The number of hydrogen-bond acceptors (Lipinski definition) is 3. The Kier molecular flexibility index (Phi) is 3.53. The van der Waals surface area contributed by atoms with Crippen LogP contribution in [0.15, 0.2) is 23.4 Å². The van der Waals surface area contributed by atoms with Gasteiger partial charge in [-0.3, -0.25) is 0 Å². The zero-order valence-corrected chi connectivity index (χ0v) is 7.92. The van der Waals surface area contributed by atoms with Gasteiger partial charge in [0.15, 0.2) is 5.84 Å². The van der Waals surface area contributed by atoms with Crippen LogP contribution < -0.4 is 11.1 Å². The Hall–Kier alpha value is -1.49. The smallest absolute Gasteiger partial charge is 0.158 e. The van der Waals surface area contributed by atoms with Gasteiger partial charge in [-0.1, -0.05) is 16.8 Å². The molecule has 0 amide bonds. The average Bonchev–Trinajstić information content (AvgIpc) is 2.19. The minimum atomic E-state index is -0.444. The lowest BCUT2D eigenvalue weighted by Gasteiger charge is -2.06. The zero-order valence-electron chi connectivity index (χ0n) is 7.17. The number of rotatable bonds is 3. The molecule has 0 spiro atoms. The molecule has 0 unspecified atom stereocenters. The predicted octanol–water partition coefficient (Wildman–Crippen LogP) is 1.64. The van der Waals surface area contributed by atoms with Gasteiger partial charge in [0.25, 0.3) is 0 Å². The number of amidine groups is 1. The fourth-order valence-electron chi connectivity index (χ4n) is 0.854. The van der Waals surface area contributed by atoms with Crippen LogP contribution in [0.25, 0.3) is 0 Å². The first-order valence-corrected chi connectivity index (χ1v) is 4.16. The Morgan fingerprint density at radius 1 is 1.64 bits per heavy atom. The van der Waals surface area contributed by atoms with E-state index in [1.807, 2.05) is 0 Å². The standard InChI is InChI=1S/C8H9ClFN3O/c9-5-1-2-6(10)7(3-5)12-4-8(11)13-14/h1-3,12,14H,4H2,(H2,11,13). The molecule has 0 saturated carbocycles. The maximum Gasteiger partial charge on any atom is 0.158 e. The van der Waals surface area contributed by atoms with Crippen LogP contribution in [0.4, 0.5) is 10.1 Å². The summed E-state index contributed by atoms with van der Waals surface area (Å²) < 4.78 is 13.1. The molecule has 0 radical (unpaired) electrons. The van der Waals surface area contributed by atoms with Gasteiger partial charge in [-0.15, -0.1) is 0 Å². The summed E-state index contributed by atoms with van der Waals surface area (Å²) in [7, 11) is 0. The Morgan fingerprint density at radius 2 is 2.36 bits per heavy atom. The predicted molar refractivity (Wildman–Crippen MR) is 53.3 cm³/mol. The maximum absolute atomic E-state index is 13.1. The molecule has 0 heterocycles. The van der Waals surface area contributed by atoms with Gasteiger partial charge < -0.3 is 16.3 Å². The molecule has 0 aliphatic carbocycles. The van der Waals surface area contributed by atoms with E-state index >= 15 is 0 Å². The first-order chi connectivity index (χ1) is 6.63. The Morgan fingerprint density at radius 3 is 3.00 bits per heavy atom. The SMILES string of the molecule is NC(CNc1cc(Cl)ccc1F)=NO. The van der Waals surface area contributed by atoms with Gasteiger partial charge in [-0.05, 0) is 18.2 Å². The minimum absolute atomic E-state index is 0.0376. The van der Waals surface area contributed by atoms with Gasteiger partial charge in [0.2, 0.25) is 0 Å². The highest BCUT2D eigenvalue weighted by Crippen LogP contribution is 2.18. The lowest BCUT2D eigenvalue weighted by Crippen LogP contribution is -2.22. The molecule has 0 aliphatic heterocycles. The average molecular weight is 218 g/mol. The molecule has 1 aromatic rings. The van der Waals surface area contributed by atoms with Gasteiger partial charge in [-0.25, -0.2) is 4.39 Å². The van der Waals surface area contributed by atoms with Crippen molar-refractivity contribution in [3.8, 4) is 0 Å². The van der Waals surface area contributed by atoms with Crippen LogP contribution in [-0.2, 0) is 0 Å². The minimum Gasteiger partial charge on any atom is -0.409 e. The Bertz CT molecular complexity index is 356. The zero-order chi connectivity index (χ0) is 10.6. The van der Waals surface area contributed by atoms with E-state index in [1.54, 1.807) is 0 Å². The molecule has 76 valence electrons. The second-order valence-corrected chi connectivity index (χ2v) is 3.01.